The lowest BCUT2D eigenvalue weighted by Crippen LogP contribution is -2.00. The topological polar surface area (TPSA) is 51.8 Å². The zero-order valence-corrected chi connectivity index (χ0v) is 27.6. The molecule has 0 spiro atoms. The normalized spacial score (nSPS) is 11.6. The Bertz CT molecular complexity index is 2800. The van der Waals surface area contributed by atoms with Gasteiger partial charge in [-0.1, -0.05) is 121 Å². The summed E-state index contributed by atoms with van der Waals surface area (Å²) < 4.78 is 9.05. The first-order valence-corrected chi connectivity index (χ1v) is 17.4. The van der Waals surface area contributed by atoms with Crippen molar-refractivity contribution in [3.8, 4) is 56.4 Å². The van der Waals surface area contributed by atoms with E-state index in [4.69, 9.17) is 19.4 Å². The van der Waals surface area contributed by atoms with Gasteiger partial charge in [0.1, 0.15) is 11.2 Å². The van der Waals surface area contributed by atoms with Gasteiger partial charge in [-0.3, -0.25) is 0 Å². The smallest absolute Gasteiger partial charge is 0.164 e. The van der Waals surface area contributed by atoms with Crippen molar-refractivity contribution in [2.75, 3.05) is 0 Å². The SMILES string of the molecule is c1ccc(-c2nc(-c3ccccc3)nc(-c3ccc4c(c3)oc3ccc(-c5ccc(-c6ccc7sc8ccccc8c7c6)cc5)cc34)n2)cc1. The van der Waals surface area contributed by atoms with Crippen molar-refractivity contribution in [3.63, 3.8) is 0 Å². The molecule has 3 aromatic heterocycles. The molecule has 3 heterocycles. The fourth-order valence-electron chi connectivity index (χ4n) is 6.79. The lowest BCUT2D eigenvalue weighted by atomic mass is 9.98. The number of aromatic nitrogens is 3. The van der Waals surface area contributed by atoms with E-state index < -0.39 is 0 Å². The Morgan fingerprint density at radius 2 is 0.840 bits per heavy atom. The second-order valence-corrected chi connectivity index (χ2v) is 13.5. The summed E-state index contributed by atoms with van der Waals surface area (Å²) in [6.45, 7) is 0. The molecule has 7 aromatic carbocycles. The van der Waals surface area contributed by atoms with Gasteiger partial charge in [0.05, 0.1) is 0 Å². The van der Waals surface area contributed by atoms with Gasteiger partial charge in [0.25, 0.3) is 0 Å². The van der Waals surface area contributed by atoms with E-state index in [2.05, 4.69) is 97.1 Å². The lowest BCUT2D eigenvalue weighted by molar-refractivity contribution is 0.669. The zero-order valence-electron chi connectivity index (χ0n) is 26.7. The summed E-state index contributed by atoms with van der Waals surface area (Å²) >= 11 is 1.85. The predicted octanol–water partition coefficient (Wildman–Crippen LogP) is 12.5. The molecule has 0 unspecified atom stereocenters. The van der Waals surface area contributed by atoms with Crippen LogP contribution >= 0.6 is 11.3 Å². The van der Waals surface area contributed by atoms with Gasteiger partial charge in [0.2, 0.25) is 0 Å². The van der Waals surface area contributed by atoms with Crippen LogP contribution in [0, 0.1) is 0 Å². The van der Waals surface area contributed by atoms with Crippen molar-refractivity contribution in [1.29, 1.82) is 0 Å². The second-order valence-electron chi connectivity index (χ2n) is 12.4. The van der Waals surface area contributed by atoms with Crippen molar-refractivity contribution < 1.29 is 4.42 Å². The Balaban J connectivity index is 1.000. The average molecular weight is 658 g/mol. The number of hydrogen-bond donors (Lipinski definition) is 0. The van der Waals surface area contributed by atoms with E-state index in [0.717, 1.165) is 49.8 Å². The number of rotatable bonds is 5. The van der Waals surface area contributed by atoms with Gasteiger partial charge >= 0.3 is 0 Å². The Morgan fingerprint density at radius 1 is 0.320 bits per heavy atom. The van der Waals surface area contributed by atoms with Gasteiger partial charge in [0, 0.05) is 47.6 Å². The van der Waals surface area contributed by atoms with Crippen LogP contribution in [0.5, 0.6) is 0 Å². The van der Waals surface area contributed by atoms with Crippen LogP contribution in [0.15, 0.2) is 168 Å². The molecule has 4 nitrogen and oxygen atoms in total. The molecule has 50 heavy (non-hydrogen) atoms. The minimum Gasteiger partial charge on any atom is -0.456 e. The summed E-state index contributed by atoms with van der Waals surface area (Å²) in [5, 5.41) is 4.77. The van der Waals surface area contributed by atoms with E-state index in [0.29, 0.717) is 17.5 Å². The van der Waals surface area contributed by atoms with Gasteiger partial charge in [-0.15, -0.1) is 11.3 Å². The maximum Gasteiger partial charge on any atom is 0.164 e. The standard InChI is InChI=1S/C45H27N3OS/c1-3-9-30(10-4-1)43-46-44(31-11-5-2-6-12-31)48-45(47-43)34-19-22-35-37-25-32(20-23-39(37)49-40(35)27-34)28-15-17-29(18-16-28)33-21-24-42-38(26-33)36-13-7-8-14-41(36)50-42/h1-27H. The van der Waals surface area contributed by atoms with Crippen LogP contribution < -0.4 is 0 Å². The van der Waals surface area contributed by atoms with Crippen LogP contribution in [0.1, 0.15) is 0 Å². The van der Waals surface area contributed by atoms with Crippen LogP contribution in [-0.4, -0.2) is 15.0 Å². The van der Waals surface area contributed by atoms with Crippen molar-refractivity contribution in [3.05, 3.63) is 164 Å². The molecular formula is C45H27N3OS. The minimum atomic E-state index is 0.604. The quantitative estimate of drug-likeness (QED) is 0.185. The number of benzene rings is 7. The molecule has 0 bridgehead atoms. The van der Waals surface area contributed by atoms with E-state index in [9.17, 15) is 0 Å². The average Bonchev–Trinajstić information content (AvgIpc) is 3.75. The number of thiophene rings is 1. The van der Waals surface area contributed by atoms with Crippen molar-refractivity contribution in [2.24, 2.45) is 0 Å². The minimum absolute atomic E-state index is 0.604. The summed E-state index contributed by atoms with van der Waals surface area (Å²) in [6, 6.07) is 57.0. The van der Waals surface area contributed by atoms with E-state index >= 15 is 0 Å². The third-order valence-corrected chi connectivity index (χ3v) is 10.5. The van der Waals surface area contributed by atoms with Gasteiger partial charge in [-0.25, -0.2) is 15.0 Å². The highest BCUT2D eigenvalue weighted by Crippen LogP contribution is 2.38. The molecule has 0 N–H and O–H groups in total. The van der Waals surface area contributed by atoms with Crippen molar-refractivity contribution in [1.82, 2.24) is 15.0 Å². The molecule has 0 fully saturated rings. The molecule has 234 valence electrons. The van der Waals surface area contributed by atoms with Crippen LogP contribution in [-0.2, 0) is 0 Å². The highest BCUT2D eigenvalue weighted by molar-refractivity contribution is 7.25. The summed E-state index contributed by atoms with van der Waals surface area (Å²) in [5.74, 6) is 1.87. The van der Waals surface area contributed by atoms with Crippen LogP contribution in [0.3, 0.4) is 0 Å². The molecule has 0 aliphatic rings. The first kappa shape index (κ1) is 28.6. The summed E-state index contributed by atoms with van der Waals surface area (Å²) in [4.78, 5) is 14.6. The Labute approximate surface area is 292 Å². The highest BCUT2D eigenvalue weighted by Gasteiger charge is 2.15. The van der Waals surface area contributed by atoms with Gasteiger partial charge in [-0.2, -0.15) is 0 Å². The van der Waals surface area contributed by atoms with E-state index in [1.807, 2.05) is 78.1 Å². The molecule has 0 saturated heterocycles. The van der Waals surface area contributed by atoms with Gasteiger partial charge < -0.3 is 4.42 Å². The maximum absolute atomic E-state index is 6.40. The largest absolute Gasteiger partial charge is 0.456 e. The Kier molecular flexibility index (Phi) is 6.64. The summed E-state index contributed by atoms with van der Waals surface area (Å²) in [5.41, 5.74) is 9.14. The zero-order chi connectivity index (χ0) is 33.0. The fraction of sp³-hybridized carbons (Fsp3) is 0. The van der Waals surface area contributed by atoms with Crippen LogP contribution in [0.25, 0.3) is 98.5 Å². The molecule has 10 aromatic rings. The summed E-state index contributed by atoms with van der Waals surface area (Å²) in [7, 11) is 0. The van der Waals surface area contributed by atoms with E-state index in [1.54, 1.807) is 0 Å². The number of hydrogen-bond acceptors (Lipinski definition) is 5. The predicted molar refractivity (Wildman–Crippen MR) is 207 cm³/mol. The number of nitrogens with zero attached hydrogens (tertiary/aromatic N) is 3. The molecule has 0 aliphatic heterocycles. The molecule has 5 heteroatoms. The summed E-state index contributed by atoms with van der Waals surface area (Å²) in [6.07, 6.45) is 0. The molecule has 10 rings (SSSR count). The van der Waals surface area contributed by atoms with E-state index in [1.165, 1.54) is 31.3 Å². The molecule has 0 amide bonds. The Morgan fingerprint density at radius 3 is 1.52 bits per heavy atom. The third-order valence-electron chi connectivity index (χ3n) is 9.36. The van der Waals surface area contributed by atoms with Crippen LogP contribution in [0.4, 0.5) is 0 Å². The molecular weight excluding hydrogens is 631 g/mol. The first-order valence-electron chi connectivity index (χ1n) is 16.6. The highest BCUT2D eigenvalue weighted by atomic mass is 32.1. The second kappa shape index (κ2) is 11.6. The van der Waals surface area contributed by atoms with Gasteiger partial charge in [-0.05, 0) is 64.7 Å². The van der Waals surface area contributed by atoms with Gasteiger partial charge in [0.15, 0.2) is 17.5 Å². The first-order chi connectivity index (χ1) is 24.7. The Hall–Kier alpha value is -6.43. The fourth-order valence-corrected chi connectivity index (χ4v) is 7.88. The molecule has 0 atom stereocenters. The van der Waals surface area contributed by atoms with Crippen LogP contribution in [0.2, 0.25) is 0 Å². The third kappa shape index (κ3) is 4.95. The maximum atomic E-state index is 6.40. The lowest BCUT2D eigenvalue weighted by Gasteiger charge is -2.08. The molecule has 0 aliphatic carbocycles. The van der Waals surface area contributed by atoms with Crippen molar-refractivity contribution >= 4 is 53.4 Å². The van der Waals surface area contributed by atoms with E-state index in [-0.39, 0.29) is 0 Å². The monoisotopic (exact) mass is 657 g/mol. The van der Waals surface area contributed by atoms with Crippen molar-refractivity contribution in [2.45, 2.75) is 0 Å². The molecule has 0 saturated carbocycles. The number of furan rings is 1. The number of fused-ring (bicyclic) bond motifs is 6. The molecule has 0 radical (unpaired) electrons.